The Labute approximate surface area is 120 Å². The number of nitrogens with zero attached hydrogens (tertiary/aromatic N) is 1. The van der Waals surface area contributed by atoms with E-state index in [-0.39, 0.29) is 5.41 Å². The minimum Gasteiger partial charge on any atom is -0.248 e. The van der Waals surface area contributed by atoms with E-state index in [0.29, 0.717) is 0 Å². The Morgan fingerprint density at radius 2 is 1.65 bits per heavy atom. The number of fused-ring (bicyclic) bond motifs is 2. The first kappa shape index (κ1) is 13.1. The summed E-state index contributed by atoms with van der Waals surface area (Å²) in [4.78, 5) is 4.85. The lowest BCUT2D eigenvalue weighted by molar-refractivity contribution is 0.600. The summed E-state index contributed by atoms with van der Waals surface area (Å²) in [5.41, 5.74) is 6.31. The average Bonchev–Trinajstić information content (AvgIpc) is 2.35. The fourth-order valence-electron chi connectivity index (χ4n) is 3.06. The Kier molecular flexibility index (Phi) is 2.82. The summed E-state index contributed by atoms with van der Waals surface area (Å²) >= 11 is 0. The maximum absolute atomic E-state index is 4.85. The van der Waals surface area contributed by atoms with E-state index in [1.165, 1.54) is 27.5 Å². The topological polar surface area (TPSA) is 12.9 Å². The average molecular weight is 263 g/mol. The number of rotatable bonds is 0. The SMILES string of the molecule is Cc1ccc2nc3cccc(C)c3c(C(C)(C)C)c2c1. The van der Waals surface area contributed by atoms with Crippen LogP contribution in [0.1, 0.15) is 37.5 Å². The second-order valence-corrected chi connectivity index (χ2v) is 6.73. The number of aromatic nitrogens is 1. The van der Waals surface area contributed by atoms with Crippen molar-refractivity contribution in [1.29, 1.82) is 0 Å². The molecule has 3 aromatic rings. The van der Waals surface area contributed by atoms with Gasteiger partial charge in [-0.1, -0.05) is 44.5 Å². The molecule has 3 rings (SSSR count). The van der Waals surface area contributed by atoms with Gasteiger partial charge in [-0.05, 0) is 48.6 Å². The fraction of sp³-hybridized carbons (Fsp3) is 0.316. The zero-order chi connectivity index (χ0) is 14.5. The molecule has 0 fully saturated rings. The quantitative estimate of drug-likeness (QED) is 0.501. The van der Waals surface area contributed by atoms with Crippen LogP contribution in [0.3, 0.4) is 0 Å². The third-order valence-electron chi connectivity index (χ3n) is 3.91. The lowest BCUT2D eigenvalue weighted by Crippen LogP contribution is -2.13. The molecule has 0 atom stereocenters. The molecule has 0 aliphatic carbocycles. The normalized spacial score (nSPS) is 12.2. The van der Waals surface area contributed by atoms with E-state index >= 15 is 0 Å². The van der Waals surface area contributed by atoms with Crippen molar-refractivity contribution < 1.29 is 0 Å². The van der Waals surface area contributed by atoms with Gasteiger partial charge in [0.1, 0.15) is 0 Å². The molecule has 0 radical (unpaired) electrons. The molecule has 1 nitrogen and oxygen atoms in total. The summed E-state index contributed by atoms with van der Waals surface area (Å²) in [6.07, 6.45) is 0. The van der Waals surface area contributed by atoms with E-state index < -0.39 is 0 Å². The monoisotopic (exact) mass is 263 g/mol. The van der Waals surface area contributed by atoms with Crippen LogP contribution in [0.25, 0.3) is 21.8 Å². The van der Waals surface area contributed by atoms with Crippen molar-refractivity contribution in [3.05, 3.63) is 53.1 Å². The number of benzene rings is 2. The third kappa shape index (κ3) is 1.98. The summed E-state index contributed by atoms with van der Waals surface area (Å²) in [5.74, 6) is 0. The Morgan fingerprint density at radius 1 is 0.900 bits per heavy atom. The summed E-state index contributed by atoms with van der Waals surface area (Å²) in [7, 11) is 0. The molecule has 0 amide bonds. The van der Waals surface area contributed by atoms with Gasteiger partial charge in [-0.25, -0.2) is 4.98 Å². The molecule has 0 unspecified atom stereocenters. The van der Waals surface area contributed by atoms with E-state index in [2.05, 4.69) is 71.0 Å². The van der Waals surface area contributed by atoms with E-state index in [0.717, 1.165) is 11.0 Å². The molecule has 0 saturated heterocycles. The van der Waals surface area contributed by atoms with Crippen LogP contribution in [-0.2, 0) is 5.41 Å². The van der Waals surface area contributed by atoms with Gasteiger partial charge in [-0.2, -0.15) is 0 Å². The van der Waals surface area contributed by atoms with Crippen LogP contribution in [0.5, 0.6) is 0 Å². The molecule has 0 bridgehead atoms. The van der Waals surface area contributed by atoms with Gasteiger partial charge in [0.05, 0.1) is 11.0 Å². The second kappa shape index (κ2) is 4.31. The Hall–Kier alpha value is -1.89. The number of aryl methyl sites for hydroxylation is 2. The smallest absolute Gasteiger partial charge is 0.0715 e. The lowest BCUT2D eigenvalue weighted by Gasteiger charge is -2.24. The highest BCUT2D eigenvalue weighted by Gasteiger charge is 2.22. The molecule has 2 aromatic carbocycles. The van der Waals surface area contributed by atoms with Crippen molar-refractivity contribution in [3.63, 3.8) is 0 Å². The Morgan fingerprint density at radius 3 is 2.35 bits per heavy atom. The van der Waals surface area contributed by atoms with Gasteiger partial charge >= 0.3 is 0 Å². The highest BCUT2D eigenvalue weighted by molar-refractivity contribution is 6.00. The lowest BCUT2D eigenvalue weighted by atomic mass is 9.81. The van der Waals surface area contributed by atoms with Gasteiger partial charge in [0, 0.05) is 10.8 Å². The minimum absolute atomic E-state index is 0.0966. The zero-order valence-corrected chi connectivity index (χ0v) is 12.9. The molecule has 102 valence electrons. The first-order valence-electron chi connectivity index (χ1n) is 7.18. The first-order valence-corrected chi connectivity index (χ1v) is 7.18. The molecule has 0 spiro atoms. The molecule has 0 aliphatic heterocycles. The molecule has 1 heteroatoms. The van der Waals surface area contributed by atoms with Crippen molar-refractivity contribution in [2.24, 2.45) is 0 Å². The third-order valence-corrected chi connectivity index (χ3v) is 3.91. The van der Waals surface area contributed by atoms with E-state index in [1.54, 1.807) is 0 Å². The second-order valence-electron chi connectivity index (χ2n) is 6.73. The van der Waals surface area contributed by atoms with Crippen molar-refractivity contribution in [3.8, 4) is 0 Å². The van der Waals surface area contributed by atoms with Crippen LogP contribution in [0.15, 0.2) is 36.4 Å². The van der Waals surface area contributed by atoms with Crippen molar-refractivity contribution in [2.75, 3.05) is 0 Å². The molecule has 0 aliphatic rings. The number of hydrogen-bond donors (Lipinski definition) is 0. The van der Waals surface area contributed by atoms with E-state index in [9.17, 15) is 0 Å². The van der Waals surface area contributed by atoms with Crippen LogP contribution in [0, 0.1) is 13.8 Å². The minimum atomic E-state index is 0.0966. The highest BCUT2D eigenvalue weighted by Crippen LogP contribution is 2.37. The van der Waals surface area contributed by atoms with E-state index in [1.807, 2.05) is 0 Å². The molecule has 1 heterocycles. The highest BCUT2D eigenvalue weighted by atomic mass is 14.7. The molecule has 1 aromatic heterocycles. The van der Waals surface area contributed by atoms with Gasteiger partial charge in [0.25, 0.3) is 0 Å². The van der Waals surface area contributed by atoms with Gasteiger partial charge in [0.15, 0.2) is 0 Å². The molecular formula is C19H21N. The van der Waals surface area contributed by atoms with Crippen LogP contribution >= 0.6 is 0 Å². The van der Waals surface area contributed by atoms with Crippen LogP contribution in [0.4, 0.5) is 0 Å². The van der Waals surface area contributed by atoms with Crippen molar-refractivity contribution in [1.82, 2.24) is 4.98 Å². The summed E-state index contributed by atoms with van der Waals surface area (Å²) in [6.45, 7) is 11.2. The van der Waals surface area contributed by atoms with E-state index in [4.69, 9.17) is 4.98 Å². The zero-order valence-electron chi connectivity index (χ0n) is 12.9. The van der Waals surface area contributed by atoms with Gasteiger partial charge in [-0.15, -0.1) is 0 Å². The molecule has 20 heavy (non-hydrogen) atoms. The van der Waals surface area contributed by atoms with Gasteiger partial charge < -0.3 is 0 Å². The van der Waals surface area contributed by atoms with Gasteiger partial charge in [0.2, 0.25) is 0 Å². The maximum atomic E-state index is 4.85. The van der Waals surface area contributed by atoms with Crippen LogP contribution in [0.2, 0.25) is 0 Å². The number of hydrogen-bond acceptors (Lipinski definition) is 1. The summed E-state index contributed by atoms with van der Waals surface area (Å²) in [5, 5.41) is 2.61. The summed E-state index contributed by atoms with van der Waals surface area (Å²) < 4.78 is 0. The van der Waals surface area contributed by atoms with Crippen LogP contribution < -0.4 is 0 Å². The van der Waals surface area contributed by atoms with Crippen LogP contribution in [-0.4, -0.2) is 4.98 Å². The fourth-order valence-corrected chi connectivity index (χ4v) is 3.06. The Bertz CT molecular complexity index is 807. The predicted molar refractivity (Wildman–Crippen MR) is 87.4 cm³/mol. The Balaban J connectivity index is 2.62. The maximum Gasteiger partial charge on any atom is 0.0715 e. The van der Waals surface area contributed by atoms with Crippen molar-refractivity contribution >= 4 is 21.8 Å². The summed E-state index contributed by atoms with van der Waals surface area (Å²) in [6, 6.07) is 13.0. The number of pyridine rings is 1. The molecule has 0 saturated carbocycles. The van der Waals surface area contributed by atoms with Crippen molar-refractivity contribution in [2.45, 2.75) is 40.0 Å². The predicted octanol–water partition coefficient (Wildman–Crippen LogP) is 5.30. The van der Waals surface area contributed by atoms with Gasteiger partial charge in [-0.3, -0.25) is 0 Å². The first-order chi connectivity index (χ1) is 9.38. The molecule has 0 N–H and O–H groups in total. The largest absolute Gasteiger partial charge is 0.248 e. The molecular weight excluding hydrogens is 242 g/mol. The standard InChI is InChI=1S/C19H21N/c1-12-9-10-15-14(11-12)18(19(3,4)5)17-13(2)7-6-8-16(17)20-15/h6-11H,1-5H3.